The van der Waals surface area contributed by atoms with Crippen LogP contribution in [0.3, 0.4) is 0 Å². The zero-order valence-electron chi connectivity index (χ0n) is 13.1. The first-order valence-electron chi connectivity index (χ1n) is 7.51. The summed E-state index contributed by atoms with van der Waals surface area (Å²) in [5.41, 5.74) is 7.03. The van der Waals surface area contributed by atoms with Crippen LogP contribution in [0.2, 0.25) is 0 Å². The average molecular weight is 292 g/mol. The third-order valence-corrected chi connectivity index (χ3v) is 4.18. The largest absolute Gasteiger partial charge is 0.384 e. The maximum Gasteiger partial charge on any atom is 0.123 e. The number of rotatable bonds is 4. The van der Waals surface area contributed by atoms with E-state index in [2.05, 4.69) is 20.8 Å². The van der Waals surface area contributed by atoms with Gasteiger partial charge in [-0.1, -0.05) is 26.8 Å². The van der Waals surface area contributed by atoms with Gasteiger partial charge in [0.05, 0.1) is 12.7 Å². The van der Waals surface area contributed by atoms with E-state index in [0.29, 0.717) is 23.5 Å². The van der Waals surface area contributed by atoms with Gasteiger partial charge in [-0.05, 0) is 48.3 Å². The summed E-state index contributed by atoms with van der Waals surface area (Å²) in [6, 6.07) is 4.34. The second-order valence-corrected chi connectivity index (χ2v) is 7.06. The van der Waals surface area contributed by atoms with Crippen LogP contribution in [0.25, 0.3) is 0 Å². The van der Waals surface area contributed by atoms with Crippen LogP contribution in [0.15, 0.2) is 18.2 Å². The molecular formula is C17H25FN2O. The Morgan fingerprint density at radius 2 is 2.14 bits per heavy atom. The lowest BCUT2D eigenvalue weighted by Gasteiger charge is -2.38. The van der Waals surface area contributed by atoms with E-state index in [1.807, 2.05) is 0 Å². The normalized spacial score (nSPS) is 24.8. The summed E-state index contributed by atoms with van der Waals surface area (Å²) >= 11 is 0. The molecule has 0 aliphatic heterocycles. The fourth-order valence-corrected chi connectivity index (χ4v) is 3.52. The number of nitrogen functional groups attached to an aromatic ring is 1. The Morgan fingerprint density at radius 3 is 2.76 bits per heavy atom. The molecule has 0 amide bonds. The third kappa shape index (κ3) is 4.27. The minimum absolute atomic E-state index is 0.120. The van der Waals surface area contributed by atoms with Crippen molar-refractivity contribution in [2.45, 2.75) is 52.7 Å². The highest BCUT2D eigenvalue weighted by atomic mass is 19.1. The molecule has 0 spiro atoms. The highest BCUT2D eigenvalue weighted by molar-refractivity contribution is 5.96. The molecule has 1 aromatic carbocycles. The van der Waals surface area contributed by atoms with Gasteiger partial charge in [0.25, 0.3) is 0 Å². The highest BCUT2D eigenvalue weighted by Gasteiger charge is 2.32. The van der Waals surface area contributed by atoms with Gasteiger partial charge in [0.15, 0.2) is 0 Å². The SMILES string of the molecule is CC1CC(OCc2ccc(F)cc2C(=N)N)CC(C)(C)C1. The van der Waals surface area contributed by atoms with Gasteiger partial charge in [-0.2, -0.15) is 0 Å². The van der Waals surface area contributed by atoms with E-state index in [1.165, 1.54) is 18.6 Å². The fourth-order valence-electron chi connectivity index (χ4n) is 3.52. The molecule has 3 nitrogen and oxygen atoms in total. The van der Waals surface area contributed by atoms with Crippen molar-refractivity contribution in [3.8, 4) is 0 Å². The highest BCUT2D eigenvalue weighted by Crippen LogP contribution is 2.39. The molecule has 2 rings (SSSR count). The monoisotopic (exact) mass is 292 g/mol. The molecule has 0 aromatic heterocycles. The van der Waals surface area contributed by atoms with E-state index in [4.69, 9.17) is 15.9 Å². The van der Waals surface area contributed by atoms with Crippen molar-refractivity contribution in [2.75, 3.05) is 0 Å². The summed E-state index contributed by atoms with van der Waals surface area (Å²) < 4.78 is 19.3. The first-order valence-corrected chi connectivity index (χ1v) is 7.51. The molecule has 4 heteroatoms. The number of nitrogens with two attached hydrogens (primary N) is 1. The molecule has 1 saturated carbocycles. The van der Waals surface area contributed by atoms with Gasteiger partial charge in [0.2, 0.25) is 0 Å². The van der Waals surface area contributed by atoms with Crippen LogP contribution >= 0.6 is 0 Å². The van der Waals surface area contributed by atoms with Crippen molar-refractivity contribution in [3.63, 3.8) is 0 Å². The molecule has 116 valence electrons. The van der Waals surface area contributed by atoms with E-state index in [-0.39, 0.29) is 17.8 Å². The van der Waals surface area contributed by atoms with E-state index in [9.17, 15) is 4.39 Å². The minimum Gasteiger partial charge on any atom is -0.384 e. The number of halogens is 1. The number of benzene rings is 1. The molecule has 0 bridgehead atoms. The van der Waals surface area contributed by atoms with Crippen LogP contribution in [0.5, 0.6) is 0 Å². The zero-order valence-corrected chi connectivity index (χ0v) is 13.1. The topological polar surface area (TPSA) is 59.1 Å². The number of hydrogen-bond acceptors (Lipinski definition) is 2. The molecule has 2 atom stereocenters. The van der Waals surface area contributed by atoms with Gasteiger partial charge in [0, 0.05) is 5.56 Å². The predicted molar refractivity (Wildman–Crippen MR) is 82.8 cm³/mol. The summed E-state index contributed by atoms with van der Waals surface area (Å²) in [6.45, 7) is 7.19. The smallest absolute Gasteiger partial charge is 0.123 e. The Morgan fingerprint density at radius 1 is 1.43 bits per heavy atom. The van der Waals surface area contributed by atoms with Crippen LogP contribution in [-0.2, 0) is 11.3 Å². The summed E-state index contributed by atoms with van der Waals surface area (Å²) in [4.78, 5) is 0. The van der Waals surface area contributed by atoms with Crippen LogP contribution < -0.4 is 5.73 Å². The van der Waals surface area contributed by atoms with Gasteiger partial charge < -0.3 is 10.5 Å². The van der Waals surface area contributed by atoms with E-state index < -0.39 is 0 Å². The summed E-state index contributed by atoms with van der Waals surface area (Å²) in [5.74, 6) is 0.154. The molecule has 1 aliphatic carbocycles. The maximum absolute atomic E-state index is 13.3. The van der Waals surface area contributed by atoms with E-state index in [0.717, 1.165) is 18.4 Å². The lowest BCUT2D eigenvalue weighted by Crippen LogP contribution is -2.32. The Balaban J connectivity index is 2.05. The lowest BCUT2D eigenvalue weighted by atomic mass is 9.71. The van der Waals surface area contributed by atoms with Crippen LogP contribution in [0, 0.1) is 22.6 Å². The molecule has 1 fully saturated rings. The lowest BCUT2D eigenvalue weighted by molar-refractivity contribution is -0.0316. The van der Waals surface area contributed by atoms with Crippen molar-refractivity contribution < 1.29 is 9.13 Å². The minimum atomic E-state index is -0.378. The van der Waals surface area contributed by atoms with Gasteiger partial charge in [-0.15, -0.1) is 0 Å². The molecule has 0 radical (unpaired) electrons. The van der Waals surface area contributed by atoms with Gasteiger partial charge in [0.1, 0.15) is 11.7 Å². The zero-order chi connectivity index (χ0) is 15.6. The van der Waals surface area contributed by atoms with Crippen molar-refractivity contribution in [1.29, 1.82) is 5.41 Å². The average Bonchev–Trinajstić information content (AvgIpc) is 2.34. The molecule has 0 heterocycles. The Hall–Kier alpha value is -1.42. The van der Waals surface area contributed by atoms with E-state index in [1.54, 1.807) is 6.07 Å². The Labute approximate surface area is 126 Å². The van der Waals surface area contributed by atoms with Gasteiger partial charge in [-0.3, -0.25) is 5.41 Å². The van der Waals surface area contributed by atoms with Crippen LogP contribution in [-0.4, -0.2) is 11.9 Å². The van der Waals surface area contributed by atoms with Crippen LogP contribution in [0.1, 0.15) is 51.2 Å². The number of amidine groups is 1. The second-order valence-electron chi connectivity index (χ2n) is 7.06. The number of nitrogens with one attached hydrogen (secondary N) is 1. The van der Waals surface area contributed by atoms with Crippen molar-refractivity contribution >= 4 is 5.84 Å². The molecule has 21 heavy (non-hydrogen) atoms. The quantitative estimate of drug-likeness (QED) is 0.654. The third-order valence-electron chi connectivity index (χ3n) is 4.18. The first kappa shape index (κ1) is 16.0. The summed E-state index contributed by atoms with van der Waals surface area (Å²) in [5, 5.41) is 7.55. The molecular weight excluding hydrogens is 267 g/mol. The summed E-state index contributed by atoms with van der Waals surface area (Å²) in [6.07, 6.45) is 3.53. The Bertz CT molecular complexity index is 528. The van der Waals surface area contributed by atoms with Crippen molar-refractivity contribution in [1.82, 2.24) is 0 Å². The molecule has 0 saturated heterocycles. The van der Waals surface area contributed by atoms with Crippen molar-refractivity contribution in [3.05, 3.63) is 35.1 Å². The molecule has 1 aromatic rings. The predicted octanol–water partition coefficient (Wildman–Crippen LogP) is 3.84. The Kier molecular flexibility index (Phi) is 4.67. The van der Waals surface area contributed by atoms with Crippen molar-refractivity contribution in [2.24, 2.45) is 17.1 Å². The summed E-state index contributed by atoms with van der Waals surface area (Å²) in [7, 11) is 0. The van der Waals surface area contributed by atoms with E-state index >= 15 is 0 Å². The van der Waals surface area contributed by atoms with Gasteiger partial charge in [-0.25, -0.2) is 4.39 Å². The standard InChI is InChI=1S/C17H25FN2O/c1-11-6-14(9-17(2,3)8-11)21-10-12-4-5-13(18)7-15(12)16(19)20/h4-5,7,11,14H,6,8-10H2,1-3H3,(H3,19,20). The fraction of sp³-hybridized carbons (Fsp3) is 0.588. The maximum atomic E-state index is 13.3. The molecule has 3 N–H and O–H groups in total. The second kappa shape index (κ2) is 6.14. The molecule has 2 unspecified atom stereocenters. The van der Waals surface area contributed by atoms with Gasteiger partial charge >= 0.3 is 0 Å². The number of hydrogen-bond donors (Lipinski definition) is 2. The first-order chi connectivity index (χ1) is 9.77. The molecule has 1 aliphatic rings. The number of ether oxygens (including phenoxy) is 1. The van der Waals surface area contributed by atoms with Crippen LogP contribution in [0.4, 0.5) is 4.39 Å².